The van der Waals surface area contributed by atoms with Gasteiger partial charge in [0.05, 0.1) is 6.04 Å². The molecule has 0 spiro atoms. The lowest BCUT2D eigenvalue weighted by Crippen LogP contribution is -2.29. The van der Waals surface area contributed by atoms with Crippen molar-refractivity contribution in [2.45, 2.75) is 53.0 Å². The van der Waals surface area contributed by atoms with E-state index in [0.717, 1.165) is 12.8 Å². The number of benzene rings is 2. The van der Waals surface area contributed by atoms with E-state index in [9.17, 15) is 4.79 Å². The topological polar surface area (TPSA) is 29.1 Å². The lowest BCUT2D eigenvalue weighted by atomic mass is 9.96. The molecule has 0 saturated carbocycles. The van der Waals surface area contributed by atoms with Crippen LogP contribution in [0.1, 0.15) is 55.0 Å². The van der Waals surface area contributed by atoms with Crippen LogP contribution in [-0.2, 0) is 11.2 Å². The van der Waals surface area contributed by atoms with Gasteiger partial charge in [-0.05, 0) is 54.9 Å². The van der Waals surface area contributed by atoms with Crippen LogP contribution in [0.5, 0.6) is 0 Å². The highest BCUT2D eigenvalue weighted by molar-refractivity contribution is 5.76. The molecular weight excluding hydrogens is 294 g/mol. The van der Waals surface area contributed by atoms with Gasteiger partial charge in [-0.25, -0.2) is 0 Å². The van der Waals surface area contributed by atoms with Gasteiger partial charge in [0, 0.05) is 6.42 Å². The van der Waals surface area contributed by atoms with E-state index in [2.05, 4.69) is 63.3 Å². The van der Waals surface area contributed by atoms with Gasteiger partial charge >= 0.3 is 0 Å². The molecule has 0 aliphatic heterocycles. The molecule has 1 N–H and O–H groups in total. The van der Waals surface area contributed by atoms with Gasteiger partial charge in [0.15, 0.2) is 0 Å². The fourth-order valence-electron chi connectivity index (χ4n) is 2.92. The molecule has 0 aliphatic rings. The standard InChI is InChI=1S/C22H29NO/c1-16(2)14-21(20-8-6-5-7-9-20)23-22(24)13-12-19-11-10-17(3)18(4)15-19/h5-11,15-16,21H,12-14H2,1-4H3,(H,23,24)/t21-/m0/s1. The van der Waals surface area contributed by atoms with Crippen molar-refractivity contribution >= 4 is 5.91 Å². The van der Waals surface area contributed by atoms with E-state index >= 15 is 0 Å². The molecule has 0 fully saturated rings. The summed E-state index contributed by atoms with van der Waals surface area (Å²) in [7, 11) is 0. The summed E-state index contributed by atoms with van der Waals surface area (Å²) in [5.74, 6) is 0.665. The molecule has 0 bridgehead atoms. The first kappa shape index (κ1) is 18.3. The van der Waals surface area contributed by atoms with Crippen molar-refractivity contribution in [2.75, 3.05) is 0 Å². The normalized spacial score (nSPS) is 12.2. The Morgan fingerprint density at radius 3 is 2.33 bits per heavy atom. The number of carbonyl (C=O) groups excluding carboxylic acids is 1. The predicted octanol–water partition coefficient (Wildman–Crippen LogP) is 5.14. The zero-order valence-corrected chi connectivity index (χ0v) is 15.3. The summed E-state index contributed by atoms with van der Waals surface area (Å²) < 4.78 is 0. The molecule has 2 heteroatoms. The van der Waals surface area contributed by atoms with Gasteiger partial charge in [0.1, 0.15) is 0 Å². The van der Waals surface area contributed by atoms with Crippen molar-refractivity contribution in [2.24, 2.45) is 5.92 Å². The number of rotatable bonds is 7. The van der Waals surface area contributed by atoms with Crippen LogP contribution in [0.3, 0.4) is 0 Å². The third kappa shape index (κ3) is 5.52. The Balaban J connectivity index is 1.96. The third-order valence-electron chi connectivity index (χ3n) is 4.46. The highest BCUT2D eigenvalue weighted by Crippen LogP contribution is 2.21. The second-order valence-corrected chi connectivity index (χ2v) is 7.08. The molecule has 2 rings (SSSR count). The Morgan fingerprint density at radius 2 is 1.71 bits per heavy atom. The van der Waals surface area contributed by atoms with Gasteiger partial charge < -0.3 is 5.32 Å². The second kappa shape index (κ2) is 8.68. The van der Waals surface area contributed by atoms with Crippen LogP contribution < -0.4 is 5.32 Å². The van der Waals surface area contributed by atoms with Crippen LogP contribution >= 0.6 is 0 Å². The van der Waals surface area contributed by atoms with E-state index in [1.54, 1.807) is 0 Å². The van der Waals surface area contributed by atoms with Crippen molar-refractivity contribution in [3.05, 3.63) is 70.8 Å². The molecule has 1 atom stereocenters. The Kier molecular flexibility index (Phi) is 6.60. The van der Waals surface area contributed by atoms with Gasteiger partial charge in [-0.2, -0.15) is 0 Å². The number of hydrogen-bond donors (Lipinski definition) is 1. The van der Waals surface area contributed by atoms with E-state index in [4.69, 9.17) is 0 Å². The zero-order chi connectivity index (χ0) is 17.5. The smallest absolute Gasteiger partial charge is 0.220 e. The minimum atomic E-state index is 0.0958. The maximum absolute atomic E-state index is 12.4. The van der Waals surface area contributed by atoms with E-state index in [1.807, 2.05) is 18.2 Å². The summed E-state index contributed by atoms with van der Waals surface area (Å²) in [6.07, 6.45) is 2.28. The van der Waals surface area contributed by atoms with Gasteiger partial charge in [-0.1, -0.05) is 62.4 Å². The van der Waals surface area contributed by atoms with Gasteiger partial charge in [0.25, 0.3) is 0 Å². The fourth-order valence-corrected chi connectivity index (χ4v) is 2.92. The molecule has 128 valence electrons. The largest absolute Gasteiger partial charge is 0.349 e. The third-order valence-corrected chi connectivity index (χ3v) is 4.46. The second-order valence-electron chi connectivity index (χ2n) is 7.08. The zero-order valence-electron chi connectivity index (χ0n) is 15.3. The highest BCUT2D eigenvalue weighted by Gasteiger charge is 2.15. The summed E-state index contributed by atoms with van der Waals surface area (Å²) in [5, 5.41) is 3.22. The summed E-state index contributed by atoms with van der Waals surface area (Å²) >= 11 is 0. The molecule has 2 aromatic rings. The number of aryl methyl sites for hydroxylation is 3. The van der Waals surface area contributed by atoms with Crippen LogP contribution in [0.4, 0.5) is 0 Å². The Labute approximate surface area is 146 Å². The van der Waals surface area contributed by atoms with Crippen molar-refractivity contribution < 1.29 is 4.79 Å². The predicted molar refractivity (Wildman–Crippen MR) is 101 cm³/mol. The molecule has 0 radical (unpaired) electrons. The summed E-state index contributed by atoms with van der Waals surface area (Å²) in [5.41, 5.74) is 5.00. The fraction of sp³-hybridized carbons (Fsp3) is 0.409. The number of carbonyl (C=O) groups is 1. The summed E-state index contributed by atoms with van der Waals surface area (Å²) in [6.45, 7) is 8.61. The van der Waals surface area contributed by atoms with Crippen LogP contribution in [-0.4, -0.2) is 5.91 Å². The first-order chi connectivity index (χ1) is 11.5. The first-order valence-electron chi connectivity index (χ1n) is 8.86. The Bertz CT molecular complexity index is 661. The van der Waals surface area contributed by atoms with Crippen molar-refractivity contribution in [3.8, 4) is 0 Å². The molecule has 0 saturated heterocycles. The number of nitrogens with one attached hydrogen (secondary N) is 1. The number of hydrogen-bond acceptors (Lipinski definition) is 1. The minimum absolute atomic E-state index is 0.0958. The van der Waals surface area contributed by atoms with Crippen LogP contribution in [0.25, 0.3) is 0 Å². The van der Waals surface area contributed by atoms with Crippen molar-refractivity contribution in [1.82, 2.24) is 5.32 Å². The first-order valence-corrected chi connectivity index (χ1v) is 8.86. The SMILES string of the molecule is Cc1ccc(CCC(=O)N[C@@H](CC(C)C)c2ccccc2)cc1C. The van der Waals surface area contributed by atoms with Crippen LogP contribution in [0.15, 0.2) is 48.5 Å². The maximum Gasteiger partial charge on any atom is 0.220 e. The molecule has 2 nitrogen and oxygen atoms in total. The molecule has 0 aromatic heterocycles. The maximum atomic E-state index is 12.4. The van der Waals surface area contributed by atoms with Crippen LogP contribution in [0.2, 0.25) is 0 Å². The van der Waals surface area contributed by atoms with E-state index in [-0.39, 0.29) is 11.9 Å². The highest BCUT2D eigenvalue weighted by atomic mass is 16.1. The van der Waals surface area contributed by atoms with Gasteiger partial charge in [0.2, 0.25) is 5.91 Å². The van der Waals surface area contributed by atoms with Crippen molar-refractivity contribution in [3.63, 3.8) is 0 Å². The molecule has 0 heterocycles. The monoisotopic (exact) mass is 323 g/mol. The summed E-state index contributed by atoms with van der Waals surface area (Å²) in [4.78, 5) is 12.4. The minimum Gasteiger partial charge on any atom is -0.349 e. The average molecular weight is 323 g/mol. The molecule has 0 unspecified atom stereocenters. The molecule has 1 amide bonds. The molecule has 0 aliphatic carbocycles. The summed E-state index contributed by atoms with van der Waals surface area (Å²) in [6, 6.07) is 16.8. The molecular formula is C22H29NO. The number of amides is 1. The Morgan fingerprint density at radius 1 is 1.00 bits per heavy atom. The van der Waals surface area contributed by atoms with E-state index in [0.29, 0.717) is 12.3 Å². The van der Waals surface area contributed by atoms with E-state index < -0.39 is 0 Å². The lowest BCUT2D eigenvalue weighted by molar-refractivity contribution is -0.121. The van der Waals surface area contributed by atoms with E-state index in [1.165, 1.54) is 22.3 Å². The van der Waals surface area contributed by atoms with Crippen molar-refractivity contribution in [1.29, 1.82) is 0 Å². The Hall–Kier alpha value is -2.09. The van der Waals surface area contributed by atoms with Gasteiger partial charge in [-0.15, -0.1) is 0 Å². The molecule has 2 aromatic carbocycles. The van der Waals surface area contributed by atoms with Gasteiger partial charge in [-0.3, -0.25) is 4.79 Å². The van der Waals surface area contributed by atoms with Crippen LogP contribution in [0, 0.1) is 19.8 Å². The quantitative estimate of drug-likeness (QED) is 0.751. The average Bonchev–Trinajstić information content (AvgIpc) is 2.56. The molecule has 24 heavy (non-hydrogen) atoms. The lowest BCUT2D eigenvalue weighted by Gasteiger charge is -2.21.